The number of thiophene rings is 1. The highest BCUT2D eigenvalue weighted by Crippen LogP contribution is 2.22. The van der Waals surface area contributed by atoms with Crippen molar-refractivity contribution in [3.05, 3.63) is 46.7 Å². The van der Waals surface area contributed by atoms with Crippen LogP contribution in [0, 0.1) is 0 Å². The minimum atomic E-state index is 0.707. The van der Waals surface area contributed by atoms with Crippen LogP contribution >= 0.6 is 23.6 Å². The Hall–Kier alpha value is -1.59. The number of anilines is 1. The van der Waals surface area contributed by atoms with Crippen LogP contribution in [0.15, 0.2) is 41.8 Å². The molecule has 0 saturated heterocycles. The summed E-state index contributed by atoms with van der Waals surface area (Å²) in [5.41, 5.74) is 1.05. The smallest absolute Gasteiger partial charge is 0.173 e. The molecule has 0 radical (unpaired) electrons. The largest absolute Gasteiger partial charge is 0.497 e. The third-order valence-electron chi connectivity index (χ3n) is 2.74. The minimum absolute atomic E-state index is 0.707. The Morgan fingerprint density at radius 1 is 1.32 bits per heavy atom. The molecule has 0 atom stereocenters. The van der Waals surface area contributed by atoms with Gasteiger partial charge in [0.25, 0.3) is 0 Å². The van der Waals surface area contributed by atoms with Crippen LogP contribution in [0.1, 0.15) is 4.88 Å². The highest BCUT2D eigenvalue weighted by Gasteiger charge is 2.12. The Labute approximate surface area is 122 Å². The first-order chi connectivity index (χ1) is 9.24. The topological polar surface area (TPSA) is 24.5 Å². The number of benzene rings is 1. The van der Waals surface area contributed by atoms with Gasteiger partial charge in [0.15, 0.2) is 5.11 Å². The zero-order chi connectivity index (χ0) is 13.7. The summed E-state index contributed by atoms with van der Waals surface area (Å²) in [6, 6.07) is 12.1. The number of nitrogens with zero attached hydrogens (tertiary/aromatic N) is 1. The highest BCUT2D eigenvalue weighted by atomic mass is 32.1. The maximum Gasteiger partial charge on any atom is 0.173 e. The van der Waals surface area contributed by atoms with Crippen LogP contribution in [0.2, 0.25) is 0 Å². The number of hydrogen-bond acceptors (Lipinski definition) is 3. The Bertz CT molecular complexity index is 523. The number of methoxy groups -OCH3 is 1. The zero-order valence-corrected chi connectivity index (χ0v) is 12.6. The van der Waals surface area contributed by atoms with Crippen molar-refractivity contribution in [1.82, 2.24) is 5.32 Å². The molecule has 0 spiro atoms. The summed E-state index contributed by atoms with van der Waals surface area (Å²) >= 11 is 7.11. The van der Waals surface area contributed by atoms with E-state index in [0.29, 0.717) is 5.11 Å². The van der Waals surface area contributed by atoms with Crippen molar-refractivity contribution < 1.29 is 4.74 Å². The fourth-order valence-corrected chi connectivity index (χ4v) is 2.60. The van der Waals surface area contributed by atoms with Gasteiger partial charge in [0.1, 0.15) is 5.75 Å². The molecule has 1 aromatic carbocycles. The van der Waals surface area contributed by atoms with E-state index in [1.165, 1.54) is 4.88 Å². The van der Waals surface area contributed by atoms with Crippen LogP contribution in [0.5, 0.6) is 5.75 Å². The van der Waals surface area contributed by atoms with Gasteiger partial charge in [-0.2, -0.15) is 0 Å². The SMILES string of the molecule is CNC(=S)N(Cc1cccs1)c1ccc(OC)cc1. The number of nitrogens with one attached hydrogen (secondary N) is 1. The molecule has 0 aliphatic rings. The number of rotatable bonds is 4. The van der Waals surface area contributed by atoms with E-state index < -0.39 is 0 Å². The fourth-order valence-electron chi connectivity index (χ4n) is 1.74. The number of ether oxygens (including phenoxy) is 1. The van der Waals surface area contributed by atoms with Gasteiger partial charge < -0.3 is 15.0 Å². The molecule has 0 amide bonds. The molecule has 1 aromatic heterocycles. The molecule has 5 heteroatoms. The first kappa shape index (κ1) is 13.8. The van der Waals surface area contributed by atoms with Crippen molar-refractivity contribution in [3.8, 4) is 5.75 Å². The van der Waals surface area contributed by atoms with E-state index in [0.717, 1.165) is 18.0 Å². The van der Waals surface area contributed by atoms with Crippen molar-refractivity contribution in [1.29, 1.82) is 0 Å². The summed E-state index contributed by atoms with van der Waals surface area (Å²) < 4.78 is 5.18. The maximum atomic E-state index is 5.38. The van der Waals surface area contributed by atoms with Crippen LogP contribution in [0.25, 0.3) is 0 Å². The van der Waals surface area contributed by atoms with Crippen molar-refractivity contribution >= 4 is 34.4 Å². The van der Waals surface area contributed by atoms with Crippen LogP contribution in [-0.4, -0.2) is 19.3 Å². The summed E-state index contributed by atoms with van der Waals surface area (Å²) in [7, 11) is 3.50. The van der Waals surface area contributed by atoms with Crippen molar-refractivity contribution in [2.75, 3.05) is 19.1 Å². The summed E-state index contributed by atoms with van der Waals surface area (Å²) in [5.74, 6) is 0.843. The first-order valence-corrected chi connectivity index (χ1v) is 7.19. The molecule has 1 heterocycles. The van der Waals surface area contributed by atoms with Crippen molar-refractivity contribution in [2.24, 2.45) is 0 Å². The summed E-state index contributed by atoms with van der Waals surface area (Å²) in [6.45, 7) is 0.768. The Morgan fingerprint density at radius 3 is 2.58 bits per heavy atom. The third kappa shape index (κ3) is 3.45. The van der Waals surface area contributed by atoms with E-state index in [9.17, 15) is 0 Å². The summed E-state index contributed by atoms with van der Waals surface area (Å²) in [4.78, 5) is 3.34. The summed E-state index contributed by atoms with van der Waals surface area (Å²) in [5, 5.41) is 5.82. The van der Waals surface area contributed by atoms with E-state index in [-0.39, 0.29) is 0 Å². The molecular formula is C14H16N2OS2. The molecule has 100 valence electrons. The third-order valence-corrected chi connectivity index (χ3v) is 4.02. The molecule has 19 heavy (non-hydrogen) atoms. The highest BCUT2D eigenvalue weighted by molar-refractivity contribution is 7.80. The molecule has 0 unspecified atom stereocenters. The first-order valence-electron chi connectivity index (χ1n) is 5.90. The summed E-state index contributed by atoms with van der Waals surface area (Å²) in [6.07, 6.45) is 0. The van der Waals surface area contributed by atoms with Crippen LogP contribution in [0.3, 0.4) is 0 Å². The molecule has 2 aromatic rings. The van der Waals surface area contributed by atoms with E-state index >= 15 is 0 Å². The Balaban J connectivity index is 2.23. The molecule has 0 saturated carbocycles. The van der Waals surface area contributed by atoms with Crippen LogP contribution < -0.4 is 15.0 Å². The second-order valence-electron chi connectivity index (χ2n) is 3.92. The lowest BCUT2D eigenvalue weighted by Crippen LogP contribution is -2.37. The fraction of sp³-hybridized carbons (Fsp3) is 0.214. The van der Waals surface area contributed by atoms with Crippen LogP contribution in [-0.2, 0) is 6.54 Å². The lowest BCUT2D eigenvalue weighted by molar-refractivity contribution is 0.415. The molecule has 2 rings (SSSR count). The maximum absolute atomic E-state index is 5.38. The molecular weight excluding hydrogens is 276 g/mol. The van der Waals surface area contributed by atoms with Gasteiger partial charge in [-0.1, -0.05) is 6.07 Å². The Kier molecular flexibility index (Phi) is 4.76. The minimum Gasteiger partial charge on any atom is -0.497 e. The predicted molar refractivity (Wildman–Crippen MR) is 85.2 cm³/mol. The normalized spacial score (nSPS) is 10.0. The second-order valence-corrected chi connectivity index (χ2v) is 5.34. The molecule has 0 fully saturated rings. The Morgan fingerprint density at radius 2 is 2.05 bits per heavy atom. The van der Waals surface area contributed by atoms with Gasteiger partial charge in [-0.25, -0.2) is 0 Å². The van der Waals surface area contributed by atoms with Gasteiger partial charge in [0, 0.05) is 17.6 Å². The average Bonchev–Trinajstić information content (AvgIpc) is 2.97. The van der Waals surface area contributed by atoms with Gasteiger partial charge in [-0.3, -0.25) is 0 Å². The van der Waals surface area contributed by atoms with Crippen molar-refractivity contribution in [3.63, 3.8) is 0 Å². The standard InChI is InChI=1S/C14H16N2OS2/c1-15-14(18)16(10-13-4-3-9-19-13)11-5-7-12(17-2)8-6-11/h3-9H,10H2,1-2H3,(H,15,18). The van der Waals surface area contributed by atoms with E-state index in [1.54, 1.807) is 18.4 Å². The molecule has 0 aliphatic carbocycles. The van der Waals surface area contributed by atoms with Gasteiger partial charge in [-0.05, 0) is 47.9 Å². The lowest BCUT2D eigenvalue weighted by Gasteiger charge is -2.24. The quantitative estimate of drug-likeness (QED) is 0.874. The number of thiocarbonyl (C=S) groups is 1. The average molecular weight is 292 g/mol. The lowest BCUT2D eigenvalue weighted by atomic mass is 10.2. The van der Waals surface area contributed by atoms with Gasteiger partial charge in [-0.15, -0.1) is 11.3 Å². The van der Waals surface area contributed by atoms with E-state index in [4.69, 9.17) is 17.0 Å². The molecule has 0 aliphatic heterocycles. The van der Waals surface area contributed by atoms with Crippen molar-refractivity contribution in [2.45, 2.75) is 6.54 Å². The van der Waals surface area contributed by atoms with Crippen LogP contribution in [0.4, 0.5) is 5.69 Å². The van der Waals surface area contributed by atoms with E-state index in [2.05, 4.69) is 27.7 Å². The second kappa shape index (κ2) is 6.54. The number of hydrogen-bond donors (Lipinski definition) is 1. The molecule has 3 nitrogen and oxygen atoms in total. The van der Waals surface area contributed by atoms with Gasteiger partial charge in [0.2, 0.25) is 0 Å². The van der Waals surface area contributed by atoms with Gasteiger partial charge in [0.05, 0.1) is 13.7 Å². The zero-order valence-electron chi connectivity index (χ0n) is 10.9. The monoisotopic (exact) mass is 292 g/mol. The molecule has 1 N–H and O–H groups in total. The predicted octanol–water partition coefficient (Wildman–Crippen LogP) is 3.27. The molecule has 0 bridgehead atoms. The van der Waals surface area contributed by atoms with Gasteiger partial charge >= 0.3 is 0 Å². The van der Waals surface area contributed by atoms with E-state index in [1.807, 2.05) is 31.3 Å².